The van der Waals surface area contributed by atoms with Crippen molar-refractivity contribution in [3.8, 4) is 0 Å². The van der Waals surface area contributed by atoms with Gasteiger partial charge < -0.3 is 15.7 Å². The van der Waals surface area contributed by atoms with Gasteiger partial charge in [0.05, 0.1) is 18.1 Å². The number of aliphatic hydroxyl groups is 1. The van der Waals surface area contributed by atoms with Gasteiger partial charge in [-0.05, 0) is 26.2 Å². The molecular formula is C11H22N2O2. The summed E-state index contributed by atoms with van der Waals surface area (Å²) in [4.78, 5) is 14.0. The summed E-state index contributed by atoms with van der Waals surface area (Å²) < 4.78 is 0. The Morgan fingerprint density at radius 2 is 2.33 bits per heavy atom. The molecule has 0 aliphatic carbocycles. The van der Waals surface area contributed by atoms with Crippen LogP contribution in [0.15, 0.2) is 0 Å². The maximum Gasteiger partial charge on any atom is 0.230 e. The van der Waals surface area contributed by atoms with Crippen molar-refractivity contribution in [2.45, 2.75) is 39.2 Å². The Balaban J connectivity index is 2.74. The molecule has 1 fully saturated rings. The summed E-state index contributed by atoms with van der Waals surface area (Å²) in [6.45, 7) is 5.09. The molecule has 1 saturated heterocycles. The Bertz CT molecular complexity index is 227. The zero-order chi connectivity index (χ0) is 11.5. The molecule has 1 aliphatic heterocycles. The molecule has 1 amide bonds. The Morgan fingerprint density at radius 3 is 2.80 bits per heavy atom. The van der Waals surface area contributed by atoms with E-state index >= 15 is 0 Å². The van der Waals surface area contributed by atoms with Gasteiger partial charge in [-0.1, -0.05) is 6.92 Å². The first-order valence-electron chi connectivity index (χ1n) is 5.71. The molecule has 4 heteroatoms. The molecule has 4 nitrogen and oxygen atoms in total. The van der Waals surface area contributed by atoms with Crippen LogP contribution in [0.25, 0.3) is 0 Å². The van der Waals surface area contributed by atoms with Crippen LogP contribution in [-0.4, -0.2) is 41.7 Å². The quantitative estimate of drug-likeness (QED) is 0.709. The first-order valence-corrected chi connectivity index (χ1v) is 5.71. The van der Waals surface area contributed by atoms with E-state index in [-0.39, 0.29) is 18.6 Å². The molecule has 0 bridgehead atoms. The summed E-state index contributed by atoms with van der Waals surface area (Å²) in [5, 5.41) is 9.17. The minimum Gasteiger partial charge on any atom is -0.394 e. The molecule has 88 valence electrons. The summed E-state index contributed by atoms with van der Waals surface area (Å²) in [5.74, 6) is 0.101. The summed E-state index contributed by atoms with van der Waals surface area (Å²) in [6.07, 6.45) is 2.64. The van der Waals surface area contributed by atoms with Gasteiger partial charge in [0.15, 0.2) is 0 Å². The standard InChI is InChI=1S/C11H22N2O2/c1-3-11(2,8-12)10(15)13-6-4-5-9(13)7-14/h9,14H,3-8,12H2,1-2H3. The Kier molecular flexibility index (Phi) is 4.11. The van der Waals surface area contributed by atoms with Gasteiger partial charge in [-0.15, -0.1) is 0 Å². The lowest BCUT2D eigenvalue weighted by molar-refractivity contribution is -0.142. The number of likely N-dealkylation sites (tertiary alicyclic amines) is 1. The fraction of sp³-hybridized carbons (Fsp3) is 0.909. The Morgan fingerprint density at radius 1 is 1.67 bits per heavy atom. The predicted octanol–water partition coefficient (Wildman–Crippen LogP) is 0.345. The first-order chi connectivity index (χ1) is 7.09. The van der Waals surface area contributed by atoms with Crippen LogP contribution in [0.2, 0.25) is 0 Å². The molecule has 0 aromatic rings. The van der Waals surface area contributed by atoms with E-state index in [1.54, 1.807) is 4.90 Å². The highest BCUT2D eigenvalue weighted by Gasteiger charge is 2.38. The van der Waals surface area contributed by atoms with Gasteiger partial charge in [0.2, 0.25) is 5.91 Å². The molecule has 0 aromatic heterocycles. The van der Waals surface area contributed by atoms with Crippen molar-refractivity contribution in [3.63, 3.8) is 0 Å². The second-order valence-corrected chi connectivity index (χ2v) is 4.60. The largest absolute Gasteiger partial charge is 0.394 e. The molecule has 1 aliphatic rings. The molecule has 0 aromatic carbocycles. The van der Waals surface area contributed by atoms with E-state index in [1.165, 1.54) is 0 Å². The van der Waals surface area contributed by atoms with Gasteiger partial charge >= 0.3 is 0 Å². The third-order valence-electron chi connectivity index (χ3n) is 3.60. The molecular weight excluding hydrogens is 192 g/mol. The van der Waals surface area contributed by atoms with Crippen LogP contribution >= 0.6 is 0 Å². The molecule has 2 unspecified atom stereocenters. The van der Waals surface area contributed by atoms with Crippen LogP contribution in [0.5, 0.6) is 0 Å². The van der Waals surface area contributed by atoms with E-state index < -0.39 is 5.41 Å². The highest BCUT2D eigenvalue weighted by Crippen LogP contribution is 2.27. The summed E-state index contributed by atoms with van der Waals surface area (Å²) >= 11 is 0. The number of hydrogen-bond donors (Lipinski definition) is 2. The maximum atomic E-state index is 12.2. The molecule has 2 atom stereocenters. The van der Waals surface area contributed by atoms with E-state index in [4.69, 9.17) is 5.73 Å². The van der Waals surface area contributed by atoms with Crippen molar-refractivity contribution in [3.05, 3.63) is 0 Å². The van der Waals surface area contributed by atoms with Gasteiger partial charge in [0, 0.05) is 13.1 Å². The first kappa shape index (κ1) is 12.5. The van der Waals surface area contributed by atoms with Crippen molar-refractivity contribution in [2.75, 3.05) is 19.7 Å². The smallest absolute Gasteiger partial charge is 0.230 e. The van der Waals surface area contributed by atoms with E-state index in [1.807, 2.05) is 13.8 Å². The lowest BCUT2D eigenvalue weighted by Crippen LogP contribution is -2.48. The van der Waals surface area contributed by atoms with Gasteiger partial charge in [-0.2, -0.15) is 0 Å². The van der Waals surface area contributed by atoms with Gasteiger partial charge in [0.25, 0.3) is 0 Å². The average Bonchev–Trinajstić information content (AvgIpc) is 2.74. The second-order valence-electron chi connectivity index (χ2n) is 4.60. The molecule has 1 heterocycles. The van der Waals surface area contributed by atoms with E-state index in [0.29, 0.717) is 6.54 Å². The van der Waals surface area contributed by atoms with Crippen LogP contribution in [-0.2, 0) is 4.79 Å². The van der Waals surface area contributed by atoms with Gasteiger partial charge in [-0.3, -0.25) is 4.79 Å². The topological polar surface area (TPSA) is 66.6 Å². The highest BCUT2D eigenvalue weighted by atomic mass is 16.3. The average molecular weight is 214 g/mol. The van der Waals surface area contributed by atoms with E-state index in [0.717, 1.165) is 25.8 Å². The fourth-order valence-corrected chi connectivity index (χ4v) is 2.02. The van der Waals surface area contributed by atoms with Crippen molar-refractivity contribution >= 4 is 5.91 Å². The van der Waals surface area contributed by atoms with Crippen LogP contribution in [0.1, 0.15) is 33.1 Å². The van der Waals surface area contributed by atoms with Gasteiger partial charge in [0.1, 0.15) is 0 Å². The number of hydrogen-bond acceptors (Lipinski definition) is 3. The third kappa shape index (κ3) is 2.32. The SMILES string of the molecule is CCC(C)(CN)C(=O)N1CCCC1CO. The van der Waals surface area contributed by atoms with Gasteiger partial charge in [-0.25, -0.2) is 0 Å². The number of carbonyl (C=O) groups is 1. The van der Waals surface area contributed by atoms with Crippen molar-refractivity contribution in [1.82, 2.24) is 4.90 Å². The molecule has 3 N–H and O–H groups in total. The monoisotopic (exact) mass is 214 g/mol. The Labute approximate surface area is 91.4 Å². The molecule has 15 heavy (non-hydrogen) atoms. The number of nitrogens with zero attached hydrogens (tertiary/aromatic N) is 1. The van der Waals surface area contributed by atoms with Crippen LogP contribution in [0, 0.1) is 5.41 Å². The Hall–Kier alpha value is -0.610. The second kappa shape index (κ2) is 4.94. The summed E-state index contributed by atoms with van der Waals surface area (Å²) in [5.41, 5.74) is 5.20. The molecule has 0 saturated carbocycles. The number of nitrogens with two attached hydrogens (primary N) is 1. The maximum absolute atomic E-state index is 12.2. The van der Waals surface area contributed by atoms with Crippen molar-refractivity contribution in [2.24, 2.45) is 11.1 Å². The van der Waals surface area contributed by atoms with Crippen LogP contribution < -0.4 is 5.73 Å². The van der Waals surface area contributed by atoms with Crippen LogP contribution in [0.3, 0.4) is 0 Å². The fourth-order valence-electron chi connectivity index (χ4n) is 2.02. The summed E-state index contributed by atoms with van der Waals surface area (Å²) in [6, 6.07) is 0.00919. The highest BCUT2D eigenvalue weighted by molar-refractivity contribution is 5.83. The zero-order valence-corrected chi connectivity index (χ0v) is 9.70. The minimum absolute atomic E-state index is 0.00919. The zero-order valence-electron chi connectivity index (χ0n) is 9.70. The lowest BCUT2D eigenvalue weighted by atomic mass is 9.86. The lowest BCUT2D eigenvalue weighted by Gasteiger charge is -2.33. The normalized spacial score (nSPS) is 25.3. The number of amides is 1. The number of carbonyl (C=O) groups excluding carboxylic acids is 1. The number of aliphatic hydroxyl groups excluding tert-OH is 1. The van der Waals surface area contributed by atoms with Crippen molar-refractivity contribution < 1.29 is 9.90 Å². The molecule has 0 radical (unpaired) electrons. The molecule has 1 rings (SSSR count). The van der Waals surface area contributed by atoms with E-state index in [2.05, 4.69) is 0 Å². The van der Waals surface area contributed by atoms with E-state index in [9.17, 15) is 9.90 Å². The number of rotatable bonds is 4. The predicted molar refractivity (Wildman–Crippen MR) is 59.3 cm³/mol. The van der Waals surface area contributed by atoms with Crippen molar-refractivity contribution in [1.29, 1.82) is 0 Å². The third-order valence-corrected chi connectivity index (χ3v) is 3.60. The minimum atomic E-state index is -0.461. The molecule has 0 spiro atoms. The van der Waals surface area contributed by atoms with Crippen LogP contribution in [0.4, 0.5) is 0 Å². The summed E-state index contributed by atoms with van der Waals surface area (Å²) in [7, 11) is 0.